The van der Waals surface area contributed by atoms with E-state index >= 15 is 0 Å². The van der Waals surface area contributed by atoms with Crippen molar-refractivity contribution in [1.29, 1.82) is 0 Å². The summed E-state index contributed by atoms with van der Waals surface area (Å²) >= 11 is 17.5. The Hall–Kier alpha value is -15.0. The number of fused-ring (bicyclic) bond motifs is 12. The minimum Gasteiger partial charge on any atom is -0.537 e. The van der Waals surface area contributed by atoms with E-state index in [9.17, 15) is 0 Å². The van der Waals surface area contributed by atoms with E-state index < -0.39 is 14.2 Å². The van der Waals surface area contributed by atoms with Crippen molar-refractivity contribution in [2.24, 2.45) is 0 Å². The highest BCUT2D eigenvalue weighted by molar-refractivity contribution is 6.59. The minimum atomic E-state index is -1.47. The average molecular weight is 1680 g/mol. The number of furan rings is 4. The Morgan fingerprint density at radius 2 is 0.444 bits per heavy atom. The normalized spacial score (nSPS) is 11.1. The zero-order valence-corrected chi connectivity index (χ0v) is 67.1. The topological polar surface area (TPSA) is 318 Å². The third-order valence-corrected chi connectivity index (χ3v) is 20.5. The van der Waals surface area contributed by atoms with Crippen molar-refractivity contribution in [2.75, 3.05) is 0 Å². The molecule has 0 spiro atoms. The largest absolute Gasteiger partial charge is 0.569 e. The molecular weight excluding hydrogens is 1620 g/mol. The van der Waals surface area contributed by atoms with Crippen LogP contribution in [0.4, 0.5) is 0 Å². The molecule has 22 nitrogen and oxygen atoms in total. The van der Waals surface area contributed by atoms with Crippen molar-refractivity contribution in [2.45, 2.75) is 0 Å². The molecule has 5 N–H and O–H groups in total. The lowest BCUT2D eigenvalue weighted by atomic mass is 9.80. The van der Waals surface area contributed by atoms with Crippen molar-refractivity contribution in [3.05, 3.63) is 356 Å². The van der Waals surface area contributed by atoms with Crippen LogP contribution >= 0.6 is 34.8 Å². The molecule has 0 aliphatic heterocycles. The number of halogens is 3. The molecule has 0 amide bonds. The fourth-order valence-corrected chi connectivity index (χ4v) is 14.5. The quantitative estimate of drug-likeness (QED) is 0.0670. The van der Waals surface area contributed by atoms with E-state index in [1.807, 2.05) is 273 Å². The van der Waals surface area contributed by atoms with Gasteiger partial charge in [0, 0.05) is 93.2 Å². The number of aromatic nitrogens is 12. The second kappa shape index (κ2) is 36.1. The van der Waals surface area contributed by atoms with E-state index in [0.29, 0.717) is 76.8 Å². The van der Waals surface area contributed by atoms with E-state index in [0.717, 1.165) is 138 Å². The molecule has 0 atom stereocenters. The van der Waals surface area contributed by atoms with Gasteiger partial charge in [-0.25, -0.2) is 34.9 Å². The predicted octanol–water partition coefficient (Wildman–Crippen LogP) is 20.0. The van der Waals surface area contributed by atoms with Crippen LogP contribution < -0.4 is 15.6 Å². The summed E-state index contributed by atoms with van der Waals surface area (Å²) in [7, 11) is -2.36. The zero-order chi connectivity index (χ0) is 84.6. The minimum absolute atomic E-state index is 0.101. The Labute approximate surface area is 721 Å². The third-order valence-electron chi connectivity index (χ3n) is 20.0. The highest BCUT2D eigenvalue weighted by atomic mass is 35.5. The fraction of sp³-hybridized carbons (Fsp3) is 0. The third kappa shape index (κ3) is 17.8. The number of benzene rings is 14. The summed E-state index contributed by atoms with van der Waals surface area (Å²) in [4.78, 5) is 54.7. The zero-order valence-electron chi connectivity index (χ0n) is 64.8. The molecule has 0 bridgehead atoms. The standard InChI is InChI=1S/C48H28N6O2.C21H12ClN3O.C12H9BO3.C9H5Cl2N3.C6H7B2O4/c1-3-11-29(12-4-1)43-49-45(53-47(51-43)33-23-25-41-37(27-33)35-15-7-9-17-39(35)55-41)31-19-21-32(22-20-31)46-50-44(30-13-5-2-6-14-30)52-48(54-46)34-24-26-42-38(28-34)36-16-8-10-18-40(36)56-42;22-21-24-19(13-6-2-1-3-7-13)23-20(25-21)14-10-11-18-16(12-14)15-8-4-5-9-17(15)26-18;14-13(15)8-5-6-12-10(7-8)9-3-1-2-4-11(9)16-12;10-8-12-7(13-9(11)14-8)6-4-2-1-3-5-6;9-7-12-6-3-1-5(2-4-6)8(10)11/h1-28H;1-12H;1-7,14-15H;1-5H;1-4,9-11H. The van der Waals surface area contributed by atoms with Crippen LogP contribution in [-0.4, -0.2) is 107 Å². The Balaban J connectivity index is 0.000000125. The van der Waals surface area contributed by atoms with E-state index in [1.54, 1.807) is 18.2 Å². The summed E-state index contributed by atoms with van der Waals surface area (Å²) < 4.78 is 28.3. The first kappa shape index (κ1) is 80.1. The first-order valence-corrected chi connectivity index (χ1v) is 39.8. The molecule has 0 saturated heterocycles. The lowest BCUT2D eigenvalue weighted by Crippen LogP contribution is -2.29. The van der Waals surface area contributed by atoms with Crippen molar-refractivity contribution in [3.63, 3.8) is 0 Å². The highest BCUT2D eigenvalue weighted by Gasteiger charge is 2.21. The maximum Gasteiger partial charge on any atom is 0.569 e. The van der Waals surface area contributed by atoms with Crippen LogP contribution in [0.3, 0.4) is 0 Å². The molecule has 0 saturated carbocycles. The number of hydrogen-bond acceptors (Lipinski definition) is 22. The van der Waals surface area contributed by atoms with Crippen LogP contribution in [0.15, 0.2) is 357 Å². The highest BCUT2D eigenvalue weighted by Crippen LogP contribution is 2.38. The molecule has 0 aliphatic carbocycles. The second-order valence-corrected chi connectivity index (χ2v) is 28.9. The molecule has 22 rings (SSSR count). The molecule has 22 aromatic rings. The maximum absolute atomic E-state index is 9.12. The first-order chi connectivity index (χ1) is 60.7. The van der Waals surface area contributed by atoms with Gasteiger partial charge in [0.05, 0.1) is 5.75 Å². The molecule has 0 fully saturated rings. The van der Waals surface area contributed by atoms with Crippen LogP contribution in [0, 0.1) is 0 Å². The van der Waals surface area contributed by atoms with E-state index in [-0.39, 0.29) is 15.9 Å². The Morgan fingerprint density at radius 3 is 0.758 bits per heavy atom. The van der Waals surface area contributed by atoms with Gasteiger partial charge >= 0.3 is 21.9 Å². The predicted molar refractivity (Wildman–Crippen MR) is 487 cm³/mol. The van der Waals surface area contributed by atoms with Crippen LogP contribution in [0.5, 0.6) is 5.75 Å². The van der Waals surface area contributed by atoms with E-state index in [1.165, 1.54) is 24.3 Å². The second-order valence-electron chi connectivity index (χ2n) is 27.9. The number of para-hydroxylation sites is 4. The molecule has 8 aromatic heterocycles. The summed E-state index contributed by atoms with van der Waals surface area (Å²) in [6, 6.07) is 108. The molecule has 14 aromatic carbocycles. The SMILES string of the molecule is Clc1nc(-c2ccccc2)nc(-c2ccc3oc4ccccc4c3c2)n1.Clc1nc(Cl)nc(-c2ccccc2)n1.OB(O)c1ccc2oc3ccccc3c2c1.O[B]Oc1ccc(B(O)O)cc1.c1ccc(-c2nc(-c3ccc(-c4nc(-c5ccccc5)nc(-c5ccc6oc7ccccc7c6c5)n4)cc3)nc(-c3ccc4oc5ccccc5c4c3)n2)cc1. The Kier molecular flexibility index (Phi) is 23.3. The van der Waals surface area contributed by atoms with Gasteiger partial charge in [-0.05, 0) is 143 Å². The van der Waals surface area contributed by atoms with Crippen molar-refractivity contribution in [3.8, 4) is 108 Å². The molecule has 28 heteroatoms. The lowest BCUT2D eigenvalue weighted by molar-refractivity contribution is 0.424. The number of nitrogens with zero attached hydrogens (tertiary/aromatic N) is 12. The van der Waals surface area contributed by atoms with Crippen LogP contribution in [0.25, 0.3) is 190 Å². The van der Waals surface area contributed by atoms with Crippen LogP contribution in [0.1, 0.15) is 0 Å². The lowest BCUT2D eigenvalue weighted by Gasteiger charge is -2.10. The summed E-state index contributed by atoms with van der Waals surface area (Å²) in [5.41, 5.74) is 15.2. The van der Waals surface area contributed by atoms with Gasteiger partial charge in [0.15, 0.2) is 52.4 Å². The van der Waals surface area contributed by atoms with Gasteiger partial charge in [-0.15, -0.1) is 0 Å². The molecule has 8 heterocycles. The average Bonchev–Trinajstić information content (AvgIpc) is 1.60. The van der Waals surface area contributed by atoms with Gasteiger partial charge in [0.2, 0.25) is 15.9 Å². The monoisotopic (exact) mass is 1680 g/mol. The summed E-state index contributed by atoms with van der Waals surface area (Å²) in [6.45, 7) is 0. The number of hydrogen-bond donors (Lipinski definition) is 5. The smallest absolute Gasteiger partial charge is 0.537 e. The van der Waals surface area contributed by atoms with Gasteiger partial charge in [-0.2, -0.15) is 24.9 Å². The van der Waals surface area contributed by atoms with Crippen LogP contribution in [-0.2, 0) is 0 Å². The maximum atomic E-state index is 9.12. The number of rotatable bonds is 13. The molecule has 0 unspecified atom stereocenters. The van der Waals surface area contributed by atoms with Gasteiger partial charge in [-0.3, -0.25) is 0 Å². The summed E-state index contributed by atoms with van der Waals surface area (Å²) in [5, 5.41) is 52.4. The Bertz CT molecular complexity index is 7360. The fourth-order valence-electron chi connectivity index (χ4n) is 14.0. The van der Waals surface area contributed by atoms with Crippen molar-refractivity contribution < 1.29 is 47.4 Å². The van der Waals surface area contributed by atoms with Crippen molar-refractivity contribution >= 4 is 155 Å². The summed E-state index contributed by atoms with van der Waals surface area (Å²) in [6.07, 6.45) is 0. The molecule has 0 aliphatic rings. The van der Waals surface area contributed by atoms with E-state index in [4.69, 9.17) is 107 Å². The van der Waals surface area contributed by atoms with E-state index in [2.05, 4.69) is 58.8 Å². The van der Waals surface area contributed by atoms with Crippen molar-refractivity contribution in [1.82, 2.24) is 59.8 Å². The molecule has 595 valence electrons. The van der Waals surface area contributed by atoms with Gasteiger partial charge in [0.25, 0.3) is 0 Å². The Morgan fingerprint density at radius 1 is 0.218 bits per heavy atom. The van der Waals surface area contributed by atoms with Gasteiger partial charge in [0.1, 0.15) is 44.7 Å². The molecular formula is C96H61B3Cl3N12O10. The van der Waals surface area contributed by atoms with Gasteiger partial charge < -0.3 is 47.4 Å². The summed E-state index contributed by atoms with van der Waals surface area (Å²) in [5.74, 6) is 5.43. The molecule has 124 heavy (non-hydrogen) atoms. The molecule has 1 radical (unpaired) electrons. The first-order valence-electron chi connectivity index (χ1n) is 38.7. The van der Waals surface area contributed by atoms with Crippen LogP contribution in [0.2, 0.25) is 15.9 Å². The van der Waals surface area contributed by atoms with Gasteiger partial charge in [-0.1, -0.05) is 243 Å².